The number of ether oxygens (including phenoxy) is 1. The van der Waals surface area contributed by atoms with Crippen LogP contribution in [-0.4, -0.2) is 20.7 Å². The Kier molecular flexibility index (Phi) is 4.33. The van der Waals surface area contributed by atoms with Crippen LogP contribution in [0.1, 0.15) is 22.0 Å². The molecule has 0 spiro atoms. The first kappa shape index (κ1) is 17.6. The summed E-state index contributed by atoms with van der Waals surface area (Å²) >= 11 is 5.50. The first-order valence-electron chi connectivity index (χ1n) is 9.32. The van der Waals surface area contributed by atoms with Gasteiger partial charge >= 0.3 is 5.97 Å². The van der Waals surface area contributed by atoms with E-state index in [0.29, 0.717) is 16.9 Å². The van der Waals surface area contributed by atoms with E-state index in [1.54, 1.807) is 6.07 Å². The second-order valence-electron chi connectivity index (χ2n) is 6.86. The van der Waals surface area contributed by atoms with Crippen LogP contribution in [0.15, 0.2) is 78.9 Å². The van der Waals surface area contributed by atoms with Crippen molar-refractivity contribution >= 4 is 18.2 Å². The molecule has 1 aliphatic rings. The molecule has 1 atom stereocenters. The third-order valence-electron chi connectivity index (χ3n) is 5.14. The maximum absolute atomic E-state index is 12.2. The molecule has 1 N–H and O–H groups in total. The summed E-state index contributed by atoms with van der Waals surface area (Å²) in [6, 6.07) is 25.7. The molecule has 4 aromatic rings. The Bertz CT molecular complexity index is 1260. The maximum atomic E-state index is 12.2. The monoisotopic (exact) mass is 399 g/mol. The van der Waals surface area contributed by atoms with E-state index >= 15 is 0 Å². The Morgan fingerprint density at radius 2 is 1.55 bits per heavy atom. The lowest BCUT2D eigenvalue weighted by Gasteiger charge is -2.15. The van der Waals surface area contributed by atoms with Gasteiger partial charge in [0.2, 0.25) is 0 Å². The molecule has 0 bridgehead atoms. The summed E-state index contributed by atoms with van der Waals surface area (Å²) in [5.74, 6) is 0.418. The highest BCUT2D eigenvalue weighted by Crippen LogP contribution is 2.35. The highest BCUT2D eigenvalue weighted by atomic mass is 32.1. The van der Waals surface area contributed by atoms with Crippen LogP contribution in [0.5, 0.6) is 0 Å². The van der Waals surface area contributed by atoms with Gasteiger partial charge in [0.1, 0.15) is 6.10 Å². The summed E-state index contributed by atoms with van der Waals surface area (Å²) in [6.07, 6.45) is -0.398. The molecule has 0 aliphatic carbocycles. The molecule has 29 heavy (non-hydrogen) atoms. The van der Waals surface area contributed by atoms with Crippen LogP contribution in [0.25, 0.3) is 22.5 Å². The lowest BCUT2D eigenvalue weighted by molar-refractivity contribution is 0.0350. The molecule has 1 unspecified atom stereocenters. The van der Waals surface area contributed by atoms with Gasteiger partial charge in [-0.25, -0.2) is 4.79 Å². The summed E-state index contributed by atoms with van der Waals surface area (Å²) in [4.78, 5) is 12.2. The zero-order valence-electron chi connectivity index (χ0n) is 15.4. The highest BCUT2D eigenvalue weighted by Gasteiger charge is 2.31. The largest absolute Gasteiger partial charge is 0.452 e. The summed E-state index contributed by atoms with van der Waals surface area (Å²) in [6.45, 7) is 0.399. The predicted molar refractivity (Wildman–Crippen MR) is 113 cm³/mol. The Hall–Kier alpha value is -3.51. The van der Waals surface area contributed by atoms with Gasteiger partial charge in [0.15, 0.2) is 10.6 Å². The molecule has 142 valence electrons. The van der Waals surface area contributed by atoms with E-state index in [4.69, 9.17) is 17.0 Å². The van der Waals surface area contributed by atoms with Crippen molar-refractivity contribution in [3.63, 3.8) is 0 Å². The molecule has 0 fully saturated rings. The van der Waals surface area contributed by atoms with Gasteiger partial charge < -0.3 is 4.74 Å². The molecule has 2 heterocycles. The van der Waals surface area contributed by atoms with Gasteiger partial charge in [-0.15, -0.1) is 0 Å². The van der Waals surface area contributed by atoms with E-state index in [1.165, 1.54) is 0 Å². The first-order chi connectivity index (χ1) is 14.2. The molecule has 0 amide bonds. The third kappa shape index (κ3) is 3.07. The second kappa shape index (κ2) is 7.14. The molecule has 5 rings (SSSR count). The number of aromatic nitrogens is 3. The van der Waals surface area contributed by atoms with Crippen molar-refractivity contribution in [2.24, 2.45) is 0 Å². The van der Waals surface area contributed by atoms with Gasteiger partial charge in [-0.1, -0.05) is 72.8 Å². The number of nitrogens with one attached hydrogen (secondary N) is 1. The van der Waals surface area contributed by atoms with Gasteiger partial charge in [-0.05, 0) is 29.4 Å². The fraction of sp³-hybridized carbons (Fsp3) is 0.0870. The average Bonchev–Trinajstić information content (AvgIpc) is 3.29. The molecular formula is C23H17N3O2S. The minimum Gasteiger partial charge on any atom is -0.452 e. The normalized spacial score (nSPS) is 15.2. The molecule has 1 aliphatic heterocycles. The quantitative estimate of drug-likeness (QED) is 0.379. The van der Waals surface area contributed by atoms with Crippen molar-refractivity contribution in [2.45, 2.75) is 12.6 Å². The second-order valence-corrected chi connectivity index (χ2v) is 7.24. The number of rotatable bonds is 4. The number of aromatic amines is 1. The number of nitrogens with zero attached hydrogens (tertiary/aromatic N) is 2. The maximum Gasteiger partial charge on any atom is 0.339 e. The number of carbonyl (C=O) groups is 1. The predicted octanol–water partition coefficient (Wildman–Crippen LogP) is 5.19. The molecule has 3 aromatic carbocycles. The van der Waals surface area contributed by atoms with Crippen LogP contribution in [-0.2, 0) is 11.3 Å². The van der Waals surface area contributed by atoms with Crippen LogP contribution in [0, 0.1) is 4.77 Å². The van der Waals surface area contributed by atoms with Crippen LogP contribution < -0.4 is 0 Å². The van der Waals surface area contributed by atoms with Gasteiger partial charge in [0.05, 0.1) is 12.1 Å². The van der Waals surface area contributed by atoms with E-state index in [1.807, 2.05) is 59.2 Å². The zero-order chi connectivity index (χ0) is 19.8. The number of carbonyl (C=O) groups excluding carboxylic acids is 1. The van der Waals surface area contributed by atoms with Gasteiger partial charge in [0, 0.05) is 11.1 Å². The SMILES string of the molecule is O=C1OC(Cn2c(-c3ccccc3-c3ccccc3)n[nH]c2=S)c2ccccc21. The highest BCUT2D eigenvalue weighted by molar-refractivity contribution is 7.71. The molecule has 6 heteroatoms. The lowest BCUT2D eigenvalue weighted by Crippen LogP contribution is -2.11. The standard InChI is InChI=1S/C23H17N3O2S/c27-22-19-13-7-5-11-17(19)20(28-22)14-26-21(24-25-23(26)29)18-12-6-4-10-16(18)15-8-2-1-3-9-15/h1-13,20H,14H2,(H,25,29). The molecule has 5 nitrogen and oxygen atoms in total. The third-order valence-corrected chi connectivity index (χ3v) is 5.45. The molecule has 0 saturated heterocycles. The van der Waals surface area contributed by atoms with E-state index in [9.17, 15) is 4.79 Å². The van der Waals surface area contributed by atoms with Crippen molar-refractivity contribution in [1.82, 2.24) is 14.8 Å². The number of benzene rings is 3. The van der Waals surface area contributed by atoms with Crippen molar-refractivity contribution < 1.29 is 9.53 Å². The van der Waals surface area contributed by atoms with Crippen molar-refractivity contribution in [1.29, 1.82) is 0 Å². The number of hydrogen-bond acceptors (Lipinski definition) is 4. The van der Waals surface area contributed by atoms with E-state index in [2.05, 4.69) is 28.4 Å². The lowest BCUT2D eigenvalue weighted by atomic mass is 9.99. The topological polar surface area (TPSA) is 59.9 Å². The fourth-order valence-corrected chi connectivity index (χ4v) is 3.97. The van der Waals surface area contributed by atoms with Crippen molar-refractivity contribution in [3.8, 4) is 22.5 Å². The van der Waals surface area contributed by atoms with Gasteiger partial charge in [0.25, 0.3) is 0 Å². The summed E-state index contributed by atoms with van der Waals surface area (Å²) in [5.41, 5.74) is 4.61. The molecule has 1 aromatic heterocycles. The number of cyclic esters (lactones) is 1. The molecule has 0 saturated carbocycles. The number of H-pyrrole nitrogens is 1. The van der Waals surface area contributed by atoms with Crippen LogP contribution in [0.2, 0.25) is 0 Å². The zero-order valence-corrected chi connectivity index (χ0v) is 16.2. The minimum absolute atomic E-state index is 0.299. The number of esters is 1. The van der Waals surface area contributed by atoms with Crippen LogP contribution in [0.4, 0.5) is 0 Å². The Labute approximate surface area is 172 Å². The summed E-state index contributed by atoms with van der Waals surface area (Å²) < 4.78 is 8.01. The van der Waals surface area contributed by atoms with Crippen LogP contribution in [0.3, 0.4) is 0 Å². The van der Waals surface area contributed by atoms with E-state index in [0.717, 1.165) is 28.1 Å². The Morgan fingerprint density at radius 3 is 2.34 bits per heavy atom. The van der Waals surface area contributed by atoms with Crippen molar-refractivity contribution in [2.75, 3.05) is 0 Å². The van der Waals surface area contributed by atoms with Gasteiger partial charge in [-0.2, -0.15) is 5.10 Å². The van der Waals surface area contributed by atoms with E-state index in [-0.39, 0.29) is 5.97 Å². The molecular weight excluding hydrogens is 382 g/mol. The average molecular weight is 399 g/mol. The number of fused-ring (bicyclic) bond motifs is 1. The summed E-state index contributed by atoms with van der Waals surface area (Å²) in [7, 11) is 0. The van der Waals surface area contributed by atoms with Crippen molar-refractivity contribution in [3.05, 3.63) is 94.8 Å². The summed E-state index contributed by atoms with van der Waals surface area (Å²) in [5, 5.41) is 7.39. The Morgan fingerprint density at radius 1 is 0.897 bits per heavy atom. The minimum atomic E-state index is -0.398. The number of hydrogen-bond donors (Lipinski definition) is 1. The first-order valence-corrected chi connectivity index (χ1v) is 9.73. The fourth-order valence-electron chi connectivity index (χ4n) is 3.76. The molecule has 0 radical (unpaired) electrons. The smallest absolute Gasteiger partial charge is 0.339 e. The van der Waals surface area contributed by atoms with E-state index < -0.39 is 6.10 Å². The Balaban J connectivity index is 1.58. The van der Waals surface area contributed by atoms with Crippen LogP contribution >= 0.6 is 12.2 Å². The van der Waals surface area contributed by atoms with Gasteiger partial charge in [-0.3, -0.25) is 9.67 Å².